The number of nitrogens with zero attached hydrogens (tertiary/aromatic N) is 2. The summed E-state index contributed by atoms with van der Waals surface area (Å²) >= 11 is 3.10. The lowest BCUT2D eigenvalue weighted by Crippen LogP contribution is -2.47. The Morgan fingerprint density at radius 2 is 2.04 bits per heavy atom. The van der Waals surface area contributed by atoms with Gasteiger partial charge in [0, 0.05) is 36.7 Å². The largest absolute Gasteiger partial charge is 0.375 e. The first-order valence-corrected chi connectivity index (χ1v) is 11.0. The maximum Gasteiger partial charge on any atom is 0.156 e. The van der Waals surface area contributed by atoms with Crippen LogP contribution in [-0.4, -0.2) is 28.7 Å². The highest BCUT2D eigenvalue weighted by atomic mass is 79.9. The van der Waals surface area contributed by atoms with Gasteiger partial charge in [-0.3, -0.25) is 4.98 Å². The molecule has 2 fully saturated rings. The minimum absolute atomic E-state index is 0.0362. The highest BCUT2D eigenvalue weighted by Gasteiger charge is 2.48. The van der Waals surface area contributed by atoms with Crippen molar-refractivity contribution < 1.29 is 9.13 Å². The summed E-state index contributed by atoms with van der Waals surface area (Å²) in [6.07, 6.45) is 11.5. The summed E-state index contributed by atoms with van der Waals surface area (Å²) < 4.78 is 20.2. The monoisotopic (exact) mass is 447 g/mol. The molecule has 2 aliphatic rings. The van der Waals surface area contributed by atoms with E-state index in [9.17, 15) is 4.39 Å². The van der Waals surface area contributed by atoms with Gasteiger partial charge in [0.15, 0.2) is 5.82 Å². The Morgan fingerprint density at radius 1 is 1.18 bits per heavy atom. The molecule has 0 bridgehead atoms. The second-order valence-electron chi connectivity index (χ2n) is 8.20. The Bertz CT molecular complexity index is 798. The summed E-state index contributed by atoms with van der Waals surface area (Å²) in [6.45, 7) is 2.26. The summed E-state index contributed by atoms with van der Waals surface area (Å²) in [5.41, 5.74) is 2.11. The molecular formula is C22H27BrFN3O. The van der Waals surface area contributed by atoms with Crippen LogP contribution in [0.2, 0.25) is 0 Å². The van der Waals surface area contributed by atoms with Gasteiger partial charge in [0.1, 0.15) is 4.60 Å². The summed E-state index contributed by atoms with van der Waals surface area (Å²) in [7, 11) is 0. The van der Waals surface area contributed by atoms with Crippen molar-refractivity contribution in [3.63, 3.8) is 0 Å². The van der Waals surface area contributed by atoms with E-state index in [1.807, 2.05) is 12.3 Å². The normalized spacial score (nSPS) is 23.9. The van der Waals surface area contributed by atoms with E-state index in [0.29, 0.717) is 6.54 Å². The van der Waals surface area contributed by atoms with E-state index in [1.54, 1.807) is 6.20 Å². The zero-order chi connectivity index (χ0) is 19.5. The molecule has 0 radical (unpaired) electrons. The second kappa shape index (κ2) is 8.56. The minimum atomic E-state index is -0.322. The average Bonchev–Trinajstić information content (AvgIpc) is 3.16. The molecule has 0 aromatic carbocycles. The Hall–Kier alpha value is -1.37. The van der Waals surface area contributed by atoms with Crippen molar-refractivity contribution in [3.8, 4) is 0 Å². The molecule has 1 aliphatic carbocycles. The molecule has 1 spiro atoms. The lowest BCUT2D eigenvalue weighted by molar-refractivity contribution is -0.104. The first kappa shape index (κ1) is 19.9. The Morgan fingerprint density at radius 3 is 2.79 bits per heavy atom. The lowest BCUT2D eigenvalue weighted by Gasteiger charge is -2.46. The van der Waals surface area contributed by atoms with Crippen LogP contribution in [0.1, 0.15) is 56.2 Å². The molecule has 1 saturated heterocycles. The third-order valence-corrected chi connectivity index (χ3v) is 6.92. The van der Waals surface area contributed by atoms with Crippen molar-refractivity contribution in [2.75, 3.05) is 13.2 Å². The van der Waals surface area contributed by atoms with Crippen LogP contribution < -0.4 is 5.32 Å². The predicted octanol–water partition coefficient (Wildman–Crippen LogP) is 4.92. The molecule has 2 aromatic rings. The standard InChI is InChI=1S/C22H27BrFN3O/c23-20-18(24)13-17(15-27-20)14-25-11-8-21(19-5-1-4-10-26-19)9-12-28-22(16-21)6-2-3-7-22/h1,4-5,10,13,15,25H,2-3,6-9,11-12,14,16H2/t21-/m0/s1. The van der Waals surface area contributed by atoms with Crippen molar-refractivity contribution in [3.05, 3.63) is 58.3 Å². The van der Waals surface area contributed by atoms with E-state index in [-0.39, 0.29) is 21.4 Å². The van der Waals surface area contributed by atoms with Crippen LogP contribution in [0.3, 0.4) is 0 Å². The fourth-order valence-corrected chi connectivity index (χ4v) is 5.13. The van der Waals surface area contributed by atoms with Crippen LogP contribution in [0, 0.1) is 5.82 Å². The molecule has 6 heteroatoms. The molecule has 3 heterocycles. The Kier molecular flexibility index (Phi) is 6.09. The topological polar surface area (TPSA) is 47.0 Å². The van der Waals surface area contributed by atoms with Gasteiger partial charge in [-0.1, -0.05) is 18.9 Å². The van der Waals surface area contributed by atoms with Gasteiger partial charge in [-0.05, 0) is 78.3 Å². The smallest absolute Gasteiger partial charge is 0.156 e. The van der Waals surface area contributed by atoms with E-state index in [1.165, 1.54) is 37.4 Å². The van der Waals surface area contributed by atoms with Crippen molar-refractivity contribution in [2.45, 2.75) is 62.5 Å². The number of rotatable bonds is 6. The van der Waals surface area contributed by atoms with Gasteiger partial charge >= 0.3 is 0 Å². The van der Waals surface area contributed by atoms with E-state index in [2.05, 4.69) is 38.4 Å². The lowest BCUT2D eigenvalue weighted by atomic mass is 9.68. The van der Waals surface area contributed by atoms with Crippen molar-refractivity contribution >= 4 is 15.9 Å². The molecule has 1 aliphatic heterocycles. The van der Waals surface area contributed by atoms with Crippen LogP contribution in [0.25, 0.3) is 0 Å². The third-order valence-electron chi connectivity index (χ3n) is 6.33. The van der Waals surface area contributed by atoms with Crippen molar-refractivity contribution in [2.24, 2.45) is 0 Å². The molecule has 150 valence electrons. The fourth-order valence-electron chi connectivity index (χ4n) is 4.91. The molecule has 1 saturated carbocycles. The van der Waals surface area contributed by atoms with Gasteiger partial charge in [-0.2, -0.15) is 0 Å². The summed E-state index contributed by atoms with van der Waals surface area (Å²) in [6, 6.07) is 7.77. The zero-order valence-corrected chi connectivity index (χ0v) is 17.7. The number of ether oxygens (including phenoxy) is 1. The molecule has 1 atom stereocenters. The van der Waals surface area contributed by atoms with Crippen molar-refractivity contribution in [1.82, 2.24) is 15.3 Å². The molecule has 2 aromatic heterocycles. The highest BCUT2D eigenvalue weighted by Crippen LogP contribution is 2.49. The van der Waals surface area contributed by atoms with Crippen LogP contribution in [-0.2, 0) is 16.7 Å². The number of pyridine rings is 2. The van der Waals surface area contributed by atoms with Gasteiger partial charge in [-0.15, -0.1) is 0 Å². The SMILES string of the molecule is Fc1cc(CNCC[C@]2(c3ccccn3)CCOC3(CCCC3)C2)cnc1Br. The van der Waals surface area contributed by atoms with Gasteiger partial charge in [-0.25, -0.2) is 9.37 Å². The minimum Gasteiger partial charge on any atom is -0.375 e. The fraction of sp³-hybridized carbons (Fsp3) is 0.545. The maximum absolute atomic E-state index is 13.7. The van der Waals surface area contributed by atoms with E-state index in [0.717, 1.165) is 38.0 Å². The molecule has 4 rings (SSSR count). The van der Waals surface area contributed by atoms with Crippen LogP contribution in [0.15, 0.2) is 41.3 Å². The number of hydrogen-bond donors (Lipinski definition) is 1. The molecule has 1 N–H and O–H groups in total. The van der Waals surface area contributed by atoms with Gasteiger partial charge in [0.2, 0.25) is 0 Å². The molecule has 4 nitrogen and oxygen atoms in total. The Labute approximate surface area is 174 Å². The van der Waals surface area contributed by atoms with E-state index >= 15 is 0 Å². The summed E-state index contributed by atoms with van der Waals surface area (Å²) in [5, 5.41) is 3.48. The first-order valence-electron chi connectivity index (χ1n) is 10.2. The van der Waals surface area contributed by atoms with Crippen LogP contribution in [0.5, 0.6) is 0 Å². The van der Waals surface area contributed by atoms with Crippen molar-refractivity contribution in [1.29, 1.82) is 0 Å². The summed E-state index contributed by atoms with van der Waals surface area (Å²) in [4.78, 5) is 8.77. The van der Waals surface area contributed by atoms with Gasteiger partial charge in [0.05, 0.1) is 5.60 Å². The highest BCUT2D eigenvalue weighted by molar-refractivity contribution is 9.10. The number of halogens is 2. The second-order valence-corrected chi connectivity index (χ2v) is 8.95. The number of hydrogen-bond acceptors (Lipinski definition) is 4. The quantitative estimate of drug-likeness (QED) is 0.504. The van der Waals surface area contributed by atoms with Gasteiger partial charge < -0.3 is 10.1 Å². The maximum atomic E-state index is 13.7. The van der Waals surface area contributed by atoms with E-state index in [4.69, 9.17) is 9.72 Å². The first-order chi connectivity index (χ1) is 13.6. The molecule has 0 amide bonds. The van der Waals surface area contributed by atoms with E-state index < -0.39 is 0 Å². The average molecular weight is 448 g/mol. The van der Waals surface area contributed by atoms with Crippen LogP contribution in [0.4, 0.5) is 4.39 Å². The zero-order valence-electron chi connectivity index (χ0n) is 16.1. The molecule has 0 unspecified atom stereocenters. The summed E-state index contributed by atoms with van der Waals surface area (Å²) in [5.74, 6) is -0.322. The van der Waals surface area contributed by atoms with Gasteiger partial charge in [0.25, 0.3) is 0 Å². The van der Waals surface area contributed by atoms with Crippen LogP contribution >= 0.6 is 15.9 Å². The number of nitrogens with one attached hydrogen (secondary N) is 1. The number of aromatic nitrogens is 2. The molecule has 28 heavy (non-hydrogen) atoms. The predicted molar refractivity (Wildman–Crippen MR) is 111 cm³/mol. The molecular weight excluding hydrogens is 421 g/mol. The Balaban J connectivity index is 1.45. The third kappa shape index (κ3) is 4.29.